The van der Waals surface area contributed by atoms with Crippen molar-refractivity contribution in [1.82, 2.24) is 4.72 Å². The highest BCUT2D eigenvalue weighted by Crippen LogP contribution is 2.27. The highest BCUT2D eigenvalue weighted by atomic mass is 35.5. The number of nitriles is 1. The van der Waals surface area contributed by atoms with Gasteiger partial charge in [-0.3, -0.25) is 0 Å². The molecule has 7 heteroatoms. The first-order valence-corrected chi connectivity index (χ1v) is 8.45. The van der Waals surface area contributed by atoms with Crippen LogP contribution >= 0.6 is 11.6 Å². The van der Waals surface area contributed by atoms with Crippen molar-refractivity contribution >= 4 is 21.6 Å². The fourth-order valence-electron chi connectivity index (χ4n) is 2.40. The Bertz CT molecular complexity index is 680. The molecule has 0 bridgehead atoms. The molecule has 1 unspecified atom stereocenters. The van der Waals surface area contributed by atoms with Crippen molar-refractivity contribution in [2.24, 2.45) is 0 Å². The van der Waals surface area contributed by atoms with Crippen LogP contribution in [0.5, 0.6) is 0 Å². The Morgan fingerprint density at radius 1 is 1.48 bits per heavy atom. The molecule has 1 aliphatic rings. The van der Waals surface area contributed by atoms with Crippen LogP contribution in [0.1, 0.15) is 32.3 Å². The molecule has 1 atom stereocenters. The van der Waals surface area contributed by atoms with Gasteiger partial charge >= 0.3 is 0 Å². The standard InChI is InChI=1S/C14H17ClN2O3S/c1-14(2)8-11(5-6-20-14)17-21(18,19)13-4-3-10(9-16)7-12(13)15/h3-4,7,11,17H,5-6,8H2,1-2H3. The molecule has 0 aromatic heterocycles. The van der Waals surface area contributed by atoms with Gasteiger partial charge in [-0.25, -0.2) is 13.1 Å². The van der Waals surface area contributed by atoms with E-state index in [9.17, 15) is 8.42 Å². The number of nitrogens with one attached hydrogen (secondary N) is 1. The van der Waals surface area contributed by atoms with Crippen LogP contribution in [0, 0.1) is 11.3 Å². The maximum Gasteiger partial charge on any atom is 0.242 e. The summed E-state index contributed by atoms with van der Waals surface area (Å²) in [5.41, 5.74) is -0.0222. The molecule has 1 fully saturated rings. The molecule has 114 valence electrons. The second-order valence-electron chi connectivity index (χ2n) is 5.68. The minimum Gasteiger partial charge on any atom is -0.375 e. The number of ether oxygens (including phenoxy) is 1. The molecule has 0 saturated carbocycles. The van der Waals surface area contributed by atoms with Crippen LogP contribution in [0.25, 0.3) is 0 Å². The summed E-state index contributed by atoms with van der Waals surface area (Å²) in [5, 5.41) is 8.84. The molecule has 0 radical (unpaired) electrons. The third kappa shape index (κ3) is 3.95. The van der Waals surface area contributed by atoms with Crippen LogP contribution < -0.4 is 4.72 Å². The van der Waals surface area contributed by atoms with Crippen molar-refractivity contribution in [2.45, 2.75) is 43.2 Å². The van der Waals surface area contributed by atoms with Crippen molar-refractivity contribution < 1.29 is 13.2 Å². The lowest BCUT2D eigenvalue weighted by Gasteiger charge is -2.35. The van der Waals surface area contributed by atoms with Crippen molar-refractivity contribution in [3.8, 4) is 6.07 Å². The Kier molecular flexibility index (Phi) is 4.59. The van der Waals surface area contributed by atoms with Gasteiger partial charge in [0.2, 0.25) is 10.0 Å². The van der Waals surface area contributed by atoms with Crippen LogP contribution in [-0.4, -0.2) is 26.7 Å². The number of hydrogen-bond acceptors (Lipinski definition) is 4. The predicted octanol–water partition coefficient (Wildman–Crippen LogP) is 2.45. The van der Waals surface area contributed by atoms with Gasteiger partial charge in [-0.05, 0) is 44.9 Å². The summed E-state index contributed by atoms with van der Waals surface area (Å²) in [5.74, 6) is 0. The van der Waals surface area contributed by atoms with Gasteiger partial charge < -0.3 is 4.74 Å². The number of halogens is 1. The Balaban J connectivity index is 2.21. The molecule has 2 rings (SSSR count). The Hall–Kier alpha value is -1.13. The van der Waals surface area contributed by atoms with Gasteiger partial charge in [0.15, 0.2) is 0 Å². The van der Waals surface area contributed by atoms with E-state index < -0.39 is 10.0 Å². The molecule has 0 aliphatic carbocycles. The summed E-state index contributed by atoms with van der Waals surface area (Å²) >= 11 is 5.97. The topological polar surface area (TPSA) is 79.2 Å². The molecule has 0 spiro atoms. The molecule has 1 aliphatic heterocycles. The maximum absolute atomic E-state index is 12.4. The normalized spacial score (nSPS) is 21.7. The van der Waals surface area contributed by atoms with Crippen LogP contribution in [-0.2, 0) is 14.8 Å². The molecule has 1 N–H and O–H groups in total. The average molecular weight is 329 g/mol. The third-order valence-electron chi connectivity index (χ3n) is 3.37. The largest absolute Gasteiger partial charge is 0.375 e. The number of nitrogens with zero attached hydrogens (tertiary/aromatic N) is 1. The molecule has 5 nitrogen and oxygen atoms in total. The molecule has 1 aromatic carbocycles. The molecule has 21 heavy (non-hydrogen) atoms. The van der Waals surface area contributed by atoms with Crippen molar-refractivity contribution in [3.05, 3.63) is 28.8 Å². The van der Waals surface area contributed by atoms with Crippen molar-refractivity contribution in [3.63, 3.8) is 0 Å². The molecular formula is C14H17ClN2O3S. The summed E-state index contributed by atoms with van der Waals surface area (Å²) < 4.78 is 33.1. The van der Waals surface area contributed by atoms with E-state index in [0.717, 1.165) is 0 Å². The summed E-state index contributed by atoms with van der Waals surface area (Å²) in [6.07, 6.45) is 1.22. The van der Waals surface area contributed by atoms with E-state index in [1.165, 1.54) is 18.2 Å². The number of benzene rings is 1. The molecule has 0 amide bonds. The summed E-state index contributed by atoms with van der Waals surface area (Å²) in [6, 6.07) is 5.88. The summed E-state index contributed by atoms with van der Waals surface area (Å²) in [4.78, 5) is -0.00698. The first-order chi connectivity index (χ1) is 9.73. The lowest BCUT2D eigenvalue weighted by molar-refractivity contribution is -0.0599. The number of rotatable bonds is 3. The second kappa shape index (κ2) is 5.93. The minimum atomic E-state index is -3.71. The van der Waals surface area contributed by atoms with E-state index in [0.29, 0.717) is 25.0 Å². The highest BCUT2D eigenvalue weighted by Gasteiger charge is 2.32. The van der Waals surface area contributed by atoms with Gasteiger partial charge in [0.1, 0.15) is 4.90 Å². The van der Waals surface area contributed by atoms with Gasteiger partial charge in [-0.2, -0.15) is 5.26 Å². The van der Waals surface area contributed by atoms with E-state index in [4.69, 9.17) is 21.6 Å². The second-order valence-corrected chi connectivity index (χ2v) is 7.77. The minimum absolute atomic E-state index is 0.00698. The molecule has 1 saturated heterocycles. The van der Waals surface area contributed by atoms with Gasteiger partial charge in [-0.1, -0.05) is 11.6 Å². The fourth-order valence-corrected chi connectivity index (χ4v) is 4.22. The van der Waals surface area contributed by atoms with Crippen LogP contribution in [0.15, 0.2) is 23.1 Å². The first-order valence-electron chi connectivity index (χ1n) is 6.59. The highest BCUT2D eigenvalue weighted by molar-refractivity contribution is 7.89. The Morgan fingerprint density at radius 2 is 2.19 bits per heavy atom. The van der Waals surface area contributed by atoms with Gasteiger partial charge in [0.05, 0.1) is 22.3 Å². The smallest absolute Gasteiger partial charge is 0.242 e. The monoisotopic (exact) mass is 328 g/mol. The SMILES string of the molecule is CC1(C)CC(NS(=O)(=O)c2ccc(C#N)cc2Cl)CCO1. The lowest BCUT2D eigenvalue weighted by Crippen LogP contribution is -2.45. The van der Waals surface area contributed by atoms with E-state index in [1.807, 2.05) is 19.9 Å². The molecular weight excluding hydrogens is 312 g/mol. The average Bonchev–Trinajstić information content (AvgIpc) is 2.36. The quantitative estimate of drug-likeness (QED) is 0.924. The van der Waals surface area contributed by atoms with Gasteiger partial charge in [0, 0.05) is 12.6 Å². The van der Waals surface area contributed by atoms with E-state index >= 15 is 0 Å². The van der Waals surface area contributed by atoms with E-state index in [2.05, 4.69) is 4.72 Å². The van der Waals surface area contributed by atoms with Crippen molar-refractivity contribution in [2.75, 3.05) is 6.61 Å². The van der Waals surface area contributed by atoms with E-state index in [1.54, 1.807) is 0 Å². The zero-order chi connectivity index (χ0) is 15.7. The zero-order valence-corrected chi connectivity index (χ0v) is 13.5. The van der Waals surface area contributed by atoms with Gasteiger partial charge in [0.25, 0.3) is 0 Å². The Morgan fingerprint density at radius 3 is 2.76 bits per heavy atom. The van der Waals surface area contributed by atoms with Crippen LogP contribution in [0.2, 0.25) is 5.02 Å². The van der Waals surface area contributed by atoms with Crippen LogP contribution in [0.3, 0.4) is 0 Å². The summed E-state index contributed by atoms with van der Waals surface area (Å²) in [6.45, 7) is 4.38. The molecule has 1 heterocycles. The van der Waals surface area contributed by atoms with Crippen molar-refractivity contribution in [1.29, 1.82) is 5.26 Å². The zero-order valence-electron chi connectivity index (χ0n) is 11.9. The first kappa shape index (κ1) is 16.2. The lowest BCUT2D eigenvalue weighted by atomic mass is 9.95. The third-order valence-corrected chi connectivity index (χ3v) is 5.37. The maximum atomic E-state index is 12.4. The predicted molar refractivity (Wildman–Crippen MR) is 79.5 cm³/mol. The Labute approximate surface area is 129 Å². The number of sulfonamides is 1. The molecule has 1 aromatic rings. The number of hydrogen-bond donors (Lipinski definition) is 1. The van der Waals surface area contributed by atoms with Gasteiger partial charge in [-0.15, -0.1) is 0 Å². The van der Waals surface area contributed by atoms with E-state index in [-0.39, 0.29) is 21.6 Å². The van der Waals surface area contributed by atoms with Crippen LogP contribution in [0.4, 0.5) is 0 Å². The fraction of sp³-hybridized carbons (Fsp3) is 0.500. The summed E-state index contributed by atoms with van der Waals surface area (Å²) in [7, 11) is -3.71.